The fourth-order valence-corrected chi connectivity index (χ4v) is 2.51. The highest BCUT2D eigenvalue weighted by Gasteiger charge is 2.15. The molecule has 1 aromatic carbocycles. The van der Waals surface area contributed by atoms with Crippen LogP contribution in [0, 0.1) is 26.6 Å². The van der Waals surface area contributed by atoms with Gasteiger partial charge in [0.2, 0.25) is 0 Å². The Hall–Kier alpha value is -1.74. The van der Waals surface area contributed by atoms with Gasteiger partial charge in [0.15, 0.2) is 0 Å². The molecule has 1 aromatic heterocycles. The summed E-state index contributed by atoms with van der Waals surface area (Å²) < 4.78 is 13.4. The van der Waals surface area contributed by atoms with Gasteiger partial charge in [-0.15, -0.1) is 0 Å². The van der Waals surface area contributed by atoms with Gasteiger partial charge < -0.3 is 5.32 Å². The zero-order valence-electron chi connectivity index (χ0n) is 12.5. The van der Waals surface area contributed by atoms with Gasteiger partial charge in [-0.1, -0.05) is 12.1 Å². The average Bonchev–Trinajstić information content (AvgIpc) is 2.40. The van der Waals surface area contributed by atoms with Crippen LogP contribution in [-0.2, 0) is 6.42 Å². The monoisotopic (exact) mass is 272 g/mol. The molecule has 0 fully saturated rings. The molecule has 106 valence electrons. The van der Waals surface area contributed by atoms with Gasteiger partial charge in [-0.25, -0.2) is 4.39 Å². The van der Waals surface area contributed by atoms with E-state index in [0.29, 0.717) is 0 Å². The van der Waals surface area contributed by atoms with Gasteiger partial charge in [0.1, 0.15) is 5.82 Å². The maximum atomic E-state index is 13.4. The highest BCUT2D eigenvalue weighted by atomic mass is 19.1. The Kier molecular flexibility index (Phi) is 4.50. The second-order valence-corrected chi connectivity index (χ2v) is 5.33. The number of aryl methyl sites for hydroxylation is 3. The van der Waals surface area contributed by atoms with Gasteiger partial charge in [-0.3, -0.25) is 4.98 Å². The molecule has 1 N–H and O–H groups in total. The van der Waals surface area contributed by atoms with Gasteiger partial charge in [0.25, 0.3) is 0 Å². The minimum absolute atomic E-state index is 0.0936. The molecule has 1 unspecified atom stereocenters. The number of hydrogen-bond donors (Lipinski definition) is 1. The molecule has 2 rings (SSSR count). The lowest BCUT2D eigenvalue weighted by molar-refractivity contribution is 0.565. The molecule has 0 spiro atoms. The molecule has 0 aliphatic rings. The zero-order valence-corrected chi connectivity index (χ0v) is 12.5. The van der Waals surface area contributed by atoms with Crippen LogP contribution >= 0.6 is 0 Å². The number of pyridine rings is 1. The Morgan fingerprint density at radius 1 is 1.15 bits per heavy atom. The van der Waals surface area contributed by atoms with Crippen molar-refractivity contribution in [2.45, 2.75) is 33.2 Å². The molecule has 0 saturated heterocycles. The van der Waals surface area contributed by atoms with Gasteiger partial charge in [-0.2, -0.15) is 0 Å². The summed E-state index contributed by atoms with van der Waals surface area (Å²) in [5, 5.41) is 3.29. The van der Waals surface area contributed by atoms with Crippen molar-refractivity contribution in [3.8, 4) is 0 Å². The summed E-state index contributed by atoms with van der Waals surface area (Å²) >= 11 is 0. The van der Waals surface area contributed by atoms with E-state index in [9.17, 15) is 4.39 Å². The summed E-state index contributed by atoms with van der Waals surface area (Å²) in [4.78, 5) is 4.54. The largest absolute Gasteiger partial charge is 0.311 e. The van der Waals surface area contributed by atoms with Crippen molar-refractivity contribution in [2.24, 2.45) is 0 Å². The van der Waals surface area contributed by atoms with E-state index in [1.165, 1.54) is 11.6 Å². The summed E-state index contributed by atoms with van der Waals surface area (Å²) in [5.74, 6) is -0.186. The Balaban J connectivity index is 2.31. The molecule has 3 heteroatoms. The van der Waals surface area contributed by atoms with Crippen LogP contribution in [0.5, 0.6) is 0 Å². The smallest absolute Gasteiger partial charge is 0.123 e. The first-order chi connectivity index (χ1) is 9.51. The summed E-state index contributed by atoms with van der Waals surface area (Å²) in [7, 11) is 1.92. The lowest BCUT2D eigenvalue weighted by atomic mass is 9.96. The number of benzene rings is 1. The topological polar surface area (TPSA) is 24.9 Å². The molecule has 2 aromatic rings. The van der Waals surface area contributed by atoms with Crippen LogP contribution in [0.2, 0.25) is 0 Å². The van der Waals surface area contributed by atoms with Crippen molar-refractivity contribution < 1.29 is 4.39 Å². The third kappa shape index (κ3) is 3.23. The highest BCUT2D eigenvalue weighted by Crippen LogP contribution is 2.22. The highest BCUT2D eigenvalue weighted by molar-refractivity contribution is 5.31. The van der Waals surface area contributed by atoms with Crippen LogP contribution in [0.3, 0.4) is 0 Å². The first-order valence-corrected chi connectivity index (χ1v) is 6.86. The minimum atomic E-state index is -0.186. The molecule has 20 heavy (non-hydrogen) atoms. The SMILES string of the molecule is CNC(Cc1cc(F)ccc1C)c1ncc(C)cc1C. The van der Waals surface area contributed by atoms with Crippen molar-refractivity contribution >= 4 is 0 Å². The third-order valence-electron chi connectivity index (χ3n) is 3.67. The molecule has 0 aliphatic carbocycles. The van der Waals surface area contributed by atoms with Crippen LogP contribution in [0.25, 0.3) is 0 Å². The Morgan fingerprint density at radius 3 is 2.55 bits per heavy atom. The number of likely N-dealkylation sites (N-methyl/N-ethyl adjacent to an activating group) is 1. The zero-order chi connectivity index (χ0) is 14.7. The van der Waals surface area contributed by atoms with Gasteiger partial charge in [-0.05, 0) is 68.6 Å². The summed E-state index contributed by atoms with van der Waals surface area (Å²) in [5.41, 5.74) is 5.48. The number of aromatic nitrogens is 1. The molecule has 2 nitrogen and oxygen atoms in total. The van der Waals surface area contributed by atoms with E-state index < -0.39 is 0 Å². The van der Waals surface area contributed by atoms with E-state index in [4.69, 9.17) is 0 Å². The maximum absolute atomic E-state index is 13.4. The molecule has 1 heterocycles. The van der Waals surface area contributed by atoms with E-state index >= 15 is 0 Å². The number of hydrogen-bond acceptors (Lipinski definition) is 2. The number of nitrogens with zero attached hydrogens (tertiary/aromatic N) is 1. The van der Waals surface area contributed by atoms with Crippen molar-refractivity contribution in [2.75, 3.05) is 7.05 Å². The van der Waals surface area contributed by atoms with E-state index in [-0.39, 0.29) is 11.9 Å². The first kappa shape index (κ1) is 14.7. The van der Waals surface area contributed by atoms with Crippen molar-refractivity contribution in [3.63, 3.8) is 0 Å². The van der Waals surface area contributed by atoms with E-state index in [2.05, 4.69) is 23.3 Å². The van der Waals surface area contributed by atoms with Crippen molar-refractivity contribution in [1.29, 1.82) is 0 Å². The predicted octanol–water partition coefficient (Wildman–Crippen LogP) is 3.65. The molecule has 0 saturated carbocycles. The third-order valence-corrected chi connectivity index (χ3v) is 3.67. The Labute approximate surface area is 120 Å². The van der Waals surface area contributed by atoms with E-state index in [1.807, 2.05) is 33.2 Å². The Bertz CT molecular complexity index is 608. The van der Waals surface area contributed by atoms with Crippen LogP contribution in [0.4, 0.5) is 4.39 Å². The number of halogens is 1. The molecule has 1 atom stereocenters. The fourth-order valence-electron chi connectivity index (χ4n) is 2.51. The van der Waals surface area contributed by atoms with Crippen molar-refractivity contribution in [3.05, 3.63) is 64.2 Å². The van der Waals surface area contributed by atoms with Crippen LogP contribution in [-0.4, -0.2) is 12.0 Å². The normalized spacial score (nSPS) is 12.4. The lowest BCUT2D eigenvalue weighted by Crippen LogP contribution is -2.21. The second kappa shape index (κ2) is 6.14. The molecular weight excluding hydrogens is 251 g/mol. The van der Waals surface area contributed by atoms with E-state index in [1.54, 1.807) is 6.07 Å². The van der Waals surface area contributed by atoms with Gasteiger partial charge >= 0.3 is 0 Å². The van der Waals surface area contributed by atoms with E-state index in [0.717, 1.165) is 28.8 Å². The summed E-state index contributed by atoms with van der Waals surface area (Å²) in [6, 6.07) is 7.17. The maximum Gasteiger partial charge on any atom is 0.123 e. The standard InChI is InChI=1S/C17H21FN2/c1-11-7-13(3)17(20-10-11)16(19-4)9-14-8-15(18)6-5-12(14)2/h5-8,10,16,19H,9H2,1-4H3. The molecular formula is C17H21FN2. The van der Waals surface area contributed by atoms with Crippen LogP contribution < -0.4 is 5.32 Å². The quantitative estimate of drug-likeness (QED) is 0.919. The number of rotatable bonds is 4. The summed E-state index contributed by atoms with van der Waals surface area (Å²) in [6.07, 6.45) is 2.61. The second-order valence-electron chi connectivity index (χ2n) is 5.33. The predicted molar refractivity (Wildman–Crippen MR) is 80.4 cm³/mol. The minimum Gasteiger partial charge on any atom is -0.311 e. The van der Waals surface area contributed by atoms with Crippen LogP contribution in [0.1, 0.15) is 34.0 Å². The van der Waals surface area contributed by atoms with Crippen molar-refractivity contribution in [1.82, 2.24) is 10.3 Å². The Morgan fingerprint density at radius 2 is 1.90 bits per heavy atom. The molecule has 0 aliphatic heterocycles. The van der Waals surface area contributed by atoms with Gasteiger partial charge in [0.05, 0.1) is 11.7 Å². The molecule has 0 bridgehead atoms. The fraction of sp³-hybridized carbons (Fsp3) is 0.353. The van der Waals surface area contributed by atoms with Crippen LogP contribution in [0.15, 0.2) is 30.5 Å². The summed E-state index contributed by atoms with van der Waals surface area (Å²) in [6.45, 7) is 6.11. The molecule has 0 amide bonds. The molecule has 0 radical (unpaired) electrons. The lowest BCUT2D eigenvalue weighted by Gasteiger charge is -2.19. The first-order valence-electron chi connectivity index (χ1n) is 6.86. The van der Waals surface area contributed by atoms with Gasteiger partial charge in [0, 0.05) is 6.20 Å². The number of nitrogens with one attached hydrogen (secondary N) is 1. The average molecular weight is 272 g/mol.